The third-order valence-electron chi connectivity index (χ3n) is 3.42. The standard InChI is InChI=1S/C14H28N2O/c1-11(2)6-4-7-12(3)16-13-8-5-9-15-14(17)10-13/h11-13,16H,4-10H2,1-3H3,(H,15,17). The smallest absolute Gasteiger partial charge is 0.221 e. The lowest BCUT2D eigenvalue weighted by atomic mass is 10.0. The molecule has 3 nitrogen and oxygen atoms in total. The molecule has 0 spiro atoms. The van der Waals surface area contributed by atoms with Crippen LogP contribution in [0.3, 0.4) is 0 Å². The van der Waals surface area contributed by atoms with Crippen molar-refractivity contribution >= 4 is 5.91 Å². The molecule has 1 amide bonds. The van der Waals surface area contributed by atoms with Crippen LogP contribution in [0.2, 0.25) is 0 Å². The molecule has 1 heterocycles. The Morgan fingerprint density at radius 2 is 2.12 bits per heavy atom. The van der Waals surface area contributed by atoms with Crippen LogP contribution < -0.4 is 10.6 Å². The second-order valence-corrected chi connectivity index (χ2v) is 5.79. The first kappa shape index (κ1) is 14.5. The average Bonchev–Trinajstić information content (AvgIpc) is 2.42. The molecule has 0 aromatic rings. The molecule has 2 unspecified atom stereocenters. The number of carbonyl (C=O) groups excluding carboxylic acids is 1. The number of nitrogens with one attached hydrogen (secondary N) is 2. The fourth-order valence-electron chi connectivity index (χ4n) is 2.43. The number of hydrogen-bond donors (Lipinski definition) is 2. The second kappa shape index (κ2) is 7.70. The van der Waals surface area contributed by atoms with Crippen molar-refractivity contribution in [1.29, 1.82) is 0 Å². The lowest BCUT2D eigenvalue weighted by Gasteiger charge is -2.21. The SMILES string of the molecule is CC(C)CCCC(C)NC1CCCNC(=O)C1. The lowest BCUT2D eigenvalue weighted by molar-refractivity contribution is -0.121. The number of hydrogen-bond acceptors (Lipinski definition) is 2. The fraction of sp³-hybridized carbons (Fsp3) is 0.929. The van der Waals surface area contributed by atoms with E-state index in [0.717, 1.165) is 25.3 Å². The quantitative estimate of drug-likeness (QED) is 0.749. The molecule has 1 aliphatic rings. The molecule has 0 aromatic heterocycles. The maximum absolute atomic E-state index is 11.4. The monoisotopic (exact) mass is 240 g/mol. The summed E-state index contributed by atoms with van der Waals surface area (Å²) in [5, 5.41) is 6.53. The Balaban J connectivity index is 2.19. The van der Waals surface area contributed by atoms with Gasteiger partial charge in [-0.1, -0.05) is 26.7 Å². The molecule has 100 valence electrons. The minimum absolute atomic E-state index is 0.203. The van der Waals surface area contributed by atoms with Gasteiger partial charge >= 0.3 is 0 Å². The first-order chi connectivity index (χ1) is 8.08. The first-order valence-electron chi connectivity index (χ1n) is 7.10. The Kier molecular flexibility index (Phi) is 6.56. The van der Waals surface area contributed by atoms with Crippen LogP contribution in [0, 0.1) is 5.92 Å². The molecule has 17 heavy (non-hydrogen) atoms. The van der Waals surface area contributed by atoms with Crippen molar-refractivity contribution in [3.8, 4) is 0 Å². The molecule has 0 aliphatic carbocycles. The highest BCUT2D eigenvalue weighted by Gasteiger charge is 2.18. The van der Waals surface area contributed by atoms with Gasteiger partial charge in [-0.3, -0.25) is 4.79 Å². The van der Waals surface area contributed by atoms with Crippen molar-refractivity contribution in [3.63, 3.8) is 0 Å². The van der Waals surface area contributed by atoms with Gasteiger partial charge in [-0.25, -0.2) is 0 Å². The van der Waals surface area contributed by atoms with Gasteiger partial charge in [-0.15, -0.1) is 0 Å². The highest BCUT2D eigenvalue weighted by atomic mass is 16.1. The highest BCUT2D eigenvalue weighted by Crippen LogP contribution is 2.11. The van der Waals surface area contributed by atoms with Crippen LogP contribution in [-0.2, 0) is 4.79 Å². The summed E-state index contributed by atoms with van der Waals surface area (Å²) in [5.74, 6) is 1.00. The topological polar surface area (TPSA) is 41.1 Å². The molecular weight excluding hydrogens is 212 g/mol. The summed E-state index contributed by atoms with van der Waals surface area (Å²) in [6.07, 6.45) is 6.67. The van der Waals surface area contributed by atoms with Crippen molar-refractivity contribution in [2.24, 2.45) is 5.92 Å². The first-order valence-corrected chi connectivity index (χ1v) is 7.10. The molecule has 2 atom stereocenters. The van der Waals surface area contributed by atoms with Crippen molar-refractivity contribution < 1.29 is 4.79 Å². The molecule has 1 fully saturated rings. The van der Waals surface area contributed by atoms with Crippen LogP contribution in [0.1, 0.15) is 59.3 Å². The van der Waals surface area contributed by atoms with Gasteiger partial charge in [0.05, 0.1) is 0 Å². The summed E-state index contributed by atoms with van der Waals surface area (Å²) < 4.78 is 0. The molecule has 1 saturated heterocycles. The van der Waals surface area contributed by atoms with Gasteiger partial charge in [0.2, 0.25) is 5.91 Å². The van der Waals surface area contributed by atoms with Crippen LogP contribution in [-0.4, -0.2) is 24.5 Å². The summed E-state index contributed by atoms with van der Waals surface area (Å²) in [6.45, 7) is 7.63. The molecule has 1 rings (SSSR count). The van der Waals surface area contributed by atoms with Crippen molar-refractivity contribution in [2.75, 3.05) is 6.54 Å². The lowest BCUT2D eigenvalue weighted by Crippen LogP contribution is -2.38. The van der Waals surface area contributed by atoms with Crippen LogP contribution in [0.15, 0.2) is 0 Å². The maximum atomic E-state index is 11.4. The predicted octanol–water partition coefficient (Wildman–Crippen LogP) is 2.46. The van der Waals surface area contributed by atoms with Crippen LogP contribution in [0.4, 0.5) is 0 Å². The molecule has 3 heteroatoms. The maximum Gasteiger partial charge on any atom is 0.221 e. The van der Waals surface area contributed by atoms with Gasteiger partial charge < -0.3 is 10.6 Å². The van der Waals surface area contributed by atoms with Gasteiger partial charge in [-0.05, 0) is 32.1 Å². The predicted molar refractivity (Wildman–Crippen MR) is 71.9 cm³/mol. The summed E-state index contributed by atoms with van der Waals surface area (Å²) in [7, 11) is 0. The molecule has 0 saturated carbocycles. The highest BCUT2D eigenvalue weighted by molar-refractivity contribution is 5.76. The van der Waals surface area contributed by atoms with Crippen molar-refractivity contribution in [3.05, 3.63) is 0 Å². The van der Waals surface area contributed by atoms with Crippen molar-refractivity contribution in [2.45, 2.75) is 71.4 Å². The van der Waals surface area contributed by atoms with Crippen LogP contribution in [0.5, 0.6) is 0 Å². The zero-order valence-corrected chi connectivity index (χ0v) is 11.6. The van der Waals surface area contributed by atoms with Crippen LogP contribution >= 0.6 is 0 Å². The van der Waals surface area contributed by atoms with E-state index < -0.39 is 0 Å². The zero-order chi connectivity index (χ0) is 12.7. The van der Waals surface area contributed by atoms with Gasteiger partial charge in [0.25, 0.3) is 0 Å². The van der Waals surface area contributed by atoms with Gasteiger partial charge in [0, 0.05) is 25.0 Å². The number of amides is 1. The van der Waals surface area contributed by atoms with E-state index in [1.54, 1.807) is 0 Å². The third kappa shape index (κ3) is 6.67. The summed E-state index contributed by atoms with van der Waals surface area (Å²) in [4.78, 5) is 11.4. The zero-order valence-electron chi connectivity index (χ0n) is 11.6. The van der Waals surface area contributed by atoms with Gasteiger partial charge in [-0.2, -0.15) is 0 Å². The van der Waals surface area contributed by atoms with E-state index in [9.17, 15) is 4.79 Å². The number of rotatable bonds is 6. The second-order valence-electron chi connectivity index (χ2n) is 5.79. The van der Waals surface area contributed by atoms with E-state index in [-0.39, 0.29) is 5.91 Å². The molecule has 2 N–H and O–H groups in total. The normalized spacial score (nSPS) is 23.3. The average molecular weight is 240 g/mol. The molecule has 0 bridgehead atoms. The largest absolute Gasteiger partial charge is 0.356 e. The Bertz CT molecular complexity index is 228. The Labute approximate surface area is 106 Å². The number of carbonyl (C=O) groups is 1. The summed E-state index contributed by atoms with van der Waals surface area (Å²) >= 11 is 0. The van der Waals surface area contributed by atoms with E-state index >= 15 is 0 Å². The minimum Gasteiger partial charge on any atom is -0.356 e. The molecular formula is C14H28N2O. The summed E-state index contributed by atoms with van der Waals surface area (Å²) in [6, 6.07) is 0.913. The molecule has 0 aromatic carbocycles. The van der Waals surface area contributed by atoms with E-state index in [1.807, 2.05) is 0 Å². The molecule has 1 aliphatic heterocycles. The van der Waals surface area contributed by atoms with E-state index in [4.69, 9.17) is 0 Å². The Morgan fingerprint density at radius 3 is 2.82 bits per heavy atom. The van der Waals surface area contributed by atoms with Crippen molar-refractivity contribution in [1.82, 2.24) is 10.6 Å². The van der Waals surface area contributed by atoms with Crippen LogP contribution in [0.25, 0.3) is 0 Å². The van der Waals surface area contributed by atoms with Gasteiger partial charge in [0.1, 0.15) is 0 Å². The summed E-state index contributed by atoms with van der Waals surface area (Å²) in [5.41, 5.74) is 0. The van der Waals surface area contributed by atoms with E-state index in [1.165, 1.54) is 19.3 Å². The third-order valence-corrected chi connectivity index (χ3v) is 3.42. The fourth-order valence-corrected chi connectivity index (χ4v) is 2.43. The van der Waals surface area contributed by atoms with E-state index in [2.05, 4.69) is 31.4 Å². The molecule has 0 radical (unpaired) electrons. The Hall–Kier alpha value is -0.570. The minimum atomic E-state index is 0.203. The van der Waals surface area contributed by atoms with Gasteiger partial charge in [0.15, 0.2) is 0 Å². The van der Waals surface area contributed by atoms with E-state index in [0.29, 0.717) is 18.5 Å². The Morgan fingerprint density at radius 1 is 1.35 bits per heavy atom.